The molecule has 0 spiro atoms. The summed E-state index contributed by atoms with van der Waals surface area (Å²) in [6.45, 7) is 10.1. The molecule has 4 heteroatoms. The smallest absolute Gasteiger partial charge is 0.245 e. The molecule has 104 valence electrons. The molecule has 3 unspecified atom stereocenters. The number of carbonyl (C=O) groups is 2. The standard InChI is InChI=1S/C14H26N2O2/c1-6-7-10(4)16-12(8-9(2)3)13(17)15-11(5)14(16)18/h9-12H,6-8H2,1-5H3,(H,15,17). The Bertz CT molecular complexity index is 315. The highest BCUT2D eigenvalue weighted by atomic mass is 16.2. The summed E-state index contributed by atoms with van der Waals surface area (Å²) < 4.78 is 0. The molecule has 1 aliphatic rings. The van der Waals surface area contributed by atoms with Crippen LogP contribution in [0.15, 0.2) is 0 Å². The van der Waals surface area contributed by atoms with Gasteiger partial charge in [-0.25, -0.2) is 0 Å². The fraction of sp³-hybridized carbons (Fsp3) is 0.857. The van der Waals surface area contributed by atoms with Crippen LogP contribution in [-0.2, 0) is 9.59 Å². The fourth-order valence-electron chi connectivity index (χ4n) is 2.62. The molecule has 3 atom stereocenters. The van der Waals surface area contributed by atoms with Gasteiger partial charge in [0.05, 0.1) is 0 Å². The zero-order chi connectivity index (χ0) is 13.9. The Morgan fingerprint density at radius 1 is 1.28 bits per heavy atom. The molecule has 1 rings (SSSR count). The minimum absolute atomic E-state index is 0.00115. The maximum absolute atomic E-state index is 12.3. The number of nitrogens with one attached hydrogen (secondary N) is 1. The summed E-state index contributed by atoms with van der Waals surface area (Å²) in [6.07, 6.45) is 2.70. The number of rotatable bonds is 5. The van der Waals surface area contributed by atoms with Gasteiger partial charge in [0, 0.05) is 6.04 Å². The monoisotopic (exact) mass is 254 g/mol. The summed E-state index contributed by atoms with van der Waals surface area (Å²) in [4.78, 5) is 26.2. The van der Waals surface area contributed by atoms with Crippen LogP contribution in [0.4, 0.5) is 0 Å². The molecule has 0 aliphatic carbocycles. The third kappa shape index (κ3) is 3.24. The van der Waals surface area contributed by atoms with Crippen molar-refractivity contribution in [2.45, 2.75) is 72.0 Å². The largest absolute Gasteiger partial charge is 0.343 e. The highest BCUT2D eigenvalue weighted by Gasteiger charge is 2.40. The second-order valence-corrected chi connectivity index (χ2v) is 5.76. The quantitative estimate of drug-likeness (QED) is 0.815. The van der Waals surface area contributed by atoms with Gasteiger partial charge in [0.1, 0.15) is 12.1 Å². The Labute approximate surface area is 110 Å². The molecule has 1 N–H and O–H groups in total. The first-order valence-electron chi connectivity index (χ1n) is 7.01. The van der Waals surface area contributed by atoms with Crippen molar-refractivity contribution < 1.29 is 9.59 Å². The highest BCUT2D eigenvalue weighted by molar-refractivity contribution is 5.96. The average Bonchev–Trinajstić information content (AvgIpc) is 2.25. The Hall–Kier alpha value is -1.06. The van der Waals surface area contributed by atoms with E-state index in [2.05, 4.69) is 26.1 Å². The summed E-state index contributed by atoms with van der Waals surface area (Å²) >= 11 is 0. The molecular weight excluding hydrogens is 228 g/mol. The van der Waals surface area contributed by atoms with Gasteiger partial charge in [0.2, 0.25) is 11.8 Å². The van der Waals surface area contributed by atoms with Crippen LogP contribution < -0.4 is 5.32 Å². The van der Waals surface area contributed by atoms with Crippen LogP contribution in [-0.4, -0.2) is 34.8 Å². The molecule has 1 aliphatic heterocycles. The van der Waals surface area contributed by atoms with E-state index >= 15 is 0 Å². The van der Waals surface area contributed by atoms with E-state index in [0.717, 1.165) is 19.3 Å². The zero-order valence-corrected chi connectivity index (χ0v) is 12.2. The number of carbonyl (C=O) groups excluding carboxylic acids is 2. The lowest BCUT2D eigenvalue weighted by atomic mass is 9.95. The Balaban J connectivity index is 2.93. The van der Waals surface area contributed by atoms with Crippen LogP contribution in [0.25, 0.3) is 0 Å². The Kier molecular flexibility index (Phi) is 5.17. The van der Waals surface area contributed by atoms with Crippen molar-refractivity contribution in [3.63, 3.8) is 0 Å². The molecule has 2 amide bonds. The topological polar surface area (TPSA) is 49.4 Å². The second-order valence-electron chi connectivity index (χ2n) is 5.76. The molecule has 1 fully saturated rings. The third-order valence-electron chi connectivity index (χ3n) is 3.50. The van der Waals surface area contributed by atoms with Crippen molar-refractivity contribution in [1.29, 1.82) is 0 Å². The molecule has 0 aromatic carbocycles. The number of hydrogen-bond acceptors (Lipinski definition) is 2. The van der Waals surface area contributed by atoms with E-state index in [4.69, 9.17) is 0 Å². The number of piperazine rings is 1. The van der Waals surface area contributed by atoms with Crippen molar-refractivity contribution in [2.75, 3.05) is 0 Å². The van der Waals surface area contributed by atoms with E-state index in [1.807, 2.05) is 11.8 Å². The molecule has 0 saturated carbocycles. The molecule has 1 saturated heterocycles. The van der Waals surface area contributed by atoms with Crippen molar-refractivity contribution in [3.05, 3.63) is 0 Å². The average molecular weight is 254 g/mol. The van der Waals surface area contributed by atoms with E-state index in [1.54, 1.807) is 6.92 Å². The predicted octanol–water partition coefficient (Wildman–Crippen LogP) is 1.94. The van der Waals surface area contributed by atoms with E-state index in [9.17, 15) is 9.59 Å². The molecule has 18 heavy (non-hydrogen) atoms. The van der Waals surface area contributed by atoms with Crippen LogP contribution in [0.3, 0.4) is 0 Å². The SMILES string of the molecule is CCCC(C)N1C(=O)C(C)NC(=O)C1CC(C)C. The van der Waals surface area contributed by atoms with Gasteiger partial charge in [-0.05, 0) is 32.6 Å². The minimum Gasteiger partial charge on any atom is -0.343 e. The Morgan fingerprint density at radius 2 is 1.89 bits per heavy atom. The van der Waals surface area contributed by atoms with Gasteiger partial charge in [-0.3, -0.25) is 9.59 Å². The van der Waals surface area contributed by atoms with Gasteiger partial charge >= 0.3 is 0 Å². The summed E-state index contributed by atoms with van der Waals surface area (Å²) in [5.74, 6) is 0.457. The third-order valence-corrected chi connectivity index (χ3v) is 3.50. The zero-order valence-electron chi connectivity index (χ0n) is 12.2. The van der Waals surface area contributed by atoms with Crippen LogP contribution in [0.2, 0.25) is 0 Å². The van der Waals surface area contributed by atoms with Crippen LogP contribution in [0.1, 0.15) is 53.9 Å². The first-order chi connectivity index (χ1) is 8.38. The molecule has 0 radical (unpaired) electrons. The maximum Gasteiger partial charge on any atom is 0.245 e. The van der Waals surface area contributed by atoms with E-state index in [1.165, 1.54) is 0 Å². The van der Waals surface area contributed by atoms with Gasteiger partial charge < -0.3 is 10.2 Å². The van der Waals surface area contributed by atoms with Crippen molar-refractivity contribution in [3.8, 4) is 0 Å². The molecule has 0 aromatic rings. The van der Waals surface area contributed by atoms with E-state index in [-0.39, 0.29) is 29.9 Å². The Morgan fingerprint density at radius 3 is 2.39 bits per heavy atom. The summed E-state index contributed by atoms with van der Waals surface area (Å²) in [7, 11) is 0. The highest BCUT2D eigenvalue weighted by Crippen LogP contribution is 2.22. The summed E-state index contributed by atoms with van der Waals surface area (Å²) in [6, 6.07) is -0.546. The first kappa shape index (κ1) is 15.0. The number of amides is 2. The lowest BCUT2D eigenvalue weighted by Crippen LogP contribution is -2.64. The summed E-state index contributed by atoms with van der Waals surface area (Å²) in [5, 5.41) is 2.78. The first-order valence-corrected chi connectivity index (χ1v) is 7.01. The van der Waals surface area contributed by atoms with Crippen LogP contribution >= 0.6 is 0 Å². The minimum atomic E-state index is -0.389. The lowest BCUT2D eigenvalue weighted by Gasteiger charge is -2.42. The maximum atomic E-state index is 12.3. The predicted molar refractivity (Wildman–Crippen MR) is 72.1 cm³/mol. The van der Waals surface area contributed by atoms with Gasteiger partial charge in [0.15, 0.2) is 0 Å². The number of hydrogen-bond donors (Lipinski definition) is 1. The van der Waals surface area contributed by atoms with Gasteiger partial charge in [0.25, 0.3) is 0 Å². The summed E-state index contributed by atoms with van der Waals surface area (Å²) in [5.41, 5.74) is 0. The van der Waals surface area contributed by atoms with Crippen molar-refractivity contribution in [1.82, 2.24) is 10.2 Å². The van der Waals surface area contributed by atoms with Gasteiger partial charge in [-0.1, -0.05) is 27.2 Å². The fourth-order valence-corrected chi connectivity index (χ4v) is 2.62. The normalized spacial score (nSPS) is 26.4. The van der Waals surface area contributed by atoms with E-state index in [0.29, 0.717) is 5.92 Å². The molecule has 1 heterocycles. The number of nitrogens with zero attached hydrogens (tertiary/aromatic N) is 1. The van der Waals surface area contributed by atoms with Gasteiger partial charge in [-0.15, -0.1) is 0 Å². The van der Waals surface area contributed by atoms with Crippen LogP contribution in [0.5, 0.6) is 0 Å². The second kappa shape index (κ2) is 6.21. The molecule has 4 nitrogen and oxygen atoms in total. The van der Waals surface area contributed by atoms with E-state index < -0.39 is 0 Å². The molecular formula is C14H26N2O2. The van der Waals surface area contributed by atoms with Crippen LogP contribution in [0, 0.1) is 5.92 Å². The molecule has 0 bridgehead atoms. The van der Waals surface area contributed by atoms with Gasteiger partial charge in [-0.2, -0.15) is 0 Å². The lowest BCUT2D eigenvalue weighted by molar-refractivity contribution is -0.152. The van der Waals surface area contributed by atoms with Crippen molar-refractivity contribution in [2.24, 2.45) is 5.92 Å². The molecule has 0 aromatic heterocycles. The van der Waals surface area contributed by atoms with Crippen molar-refractivity contribution >= 4 is 11.8 Å².